The molecule has 0 radical (unpaired) electrons. The predicted molar refractivity (Wildman–Crippen MR) is 128 cm³/mol. The van der Waals surface area contributed by atoms with Gasteiger partial charge >= 0.3 is 11.9 Å². The van der Waals surface area contributed by atoms with E-state index in [2.05, 4.69) is 13.8 Å². The number of rotatable bonds is 18. The molecule has 0 bridgehead atoms. The number of carbonyl (C=O) groups is 2. The molecule has 0 heterocycles. The molecule has 0 amide bonds. The Kier molecular flexibility index (Phi) is 15.6. The van der Waals surface area contributed by atoms with Gasteiger partial charge in [-0.25, -0.2) is 9.59 Å². The Morgan fingerprint density at radius 2 is 1.23 bits per heavy atom. The third-order valence-corrected chi connectivity index (χ3v) is 5.69. The summed E-state index contributed by atoms with van der Waals surface area (Å²) >= 11 is 0. The normalized spacial score (nSPS) is 11.8. The van der Waals surface area contributed by atoms with Crippen LogP contribution >= 0.6 is 0 Å². The van der Waals surface area contributed by atoms with E-state index in [1.165, 1.54) is 57.8 Å². The highest BCUT2D eigenvalue weighted by Crippen LogP contribution is 2.16. The molecule has 0 fully saturated rings. The molecule has 4 nitrogen and oxygen atoms in total. The molecule has 0 aliphatic heterocycles. The fraction of sp³-hybridized carbons (Fsp3) is 0.704. The first kappa shape index (κ1) is 27.2. The van der Waals surface area contributed by atoms with Gasteiger partial charge in [0.25, 0.3) is 0 Å². The van der Waals surface area contributed by atoms with Gasteiger partial charge in [-0.2, -0.15) is 0 Å². The predicted octanol–water partition coefficient (Wildman–Crippen LogP) is 7.89. The SMILES string of the molecule is CCCCCCCCCCCCCOC(=O)c1ccccc1C(=O)OC(CC)CCC. The summed E-state index contributed by atoms with van der Waals surface area (Å²) in [5, 5.41) is 0. The van der Waals surface area contributed by atoms with Gasteiger partial charge in [-0.05, 0) is 31.4 Å². The third kappa shape index (κ3) is 11.9. The first-order valence-electron chi connectivity index (χ1n) is 12.6. The molecule has 4 heteroatoms. The standard InChI is InChI=1S/C27H44O4/c1-4-7-8-9-10-11-12-13-14-15-18-22-30-26(28)24-20-16-17-21-25(24)27(29)31-23(6-3)19-5-2/h16-17,20-21,23H,4-15,18-19,22H2,1-3H3. The zero-order valence-corrected chi connectivity index (χ0v) is 20.1. The largest absolute Gasteiger partial charge is 0.462 e. The van der Waals surface area contributed by atoms with Crippen molar-refractivity contribution in [3.8, 4) is 0 Å². The van der Waals surface area contributed by atoms with E-state index in [9.17, 15) is 9.59 Å². The Balaban J connectivity index is 2.28. The summed E-state index contributed by atoms with van der Waals surface area (Å²) in [5.41, 5.74) is 0.586. The molecular formula is C27H44O4. The molecule has 1 unspecified atom stereocenters. The van der Waals surface area contributed by atoms with E-state index in [0.29, 0.717) is 17.7 Å². The molecule has 1 atom stereocenters. The number of hydrogen-bond donors (Lipinski definition) is 0. The van der Waals surface area contributed by atoms with Crippen molar-refractivity contribution in [2.24, 2.45) is 0 Å². The minimum atomic E-state index is -0.442. The Bertz CT molecular complexity index is 611. The van der Waals surface area contributed by atoms with Gasteiger partial charge in [0.05, 0.1) is 17.7 Å². The summed E-state index contributed by atoms with van der Waals surface area (Å²) in [6, 6.07) is 6.77. The molecule has 1 rings (SSSR count). The van der Waals surface area contributed by atoms with Crippen molar-refractivity contribution in [3.05, 3.63) is 35.4 Å². The van der Waals surface area contributed by atoms with E-state index >= 15 is 0 Å². The van der Waals surface area contributed by atoms with Crippen LogP contribution in [-0.4, -0.2) is 24.6 Å². The van der Waals surface area contributed by atoms with E-state index in [0.717, 1.165) is 32.1 Å². The van der Waals surface area contributed by atoms with Crippen LogP contribution < -0.4 is 0 Å². The molecule has 0 spiro atoms. The zero-order chi connectivity index (χ0) is 22.7. The molecule has 0 aliphatic carbocycles. The van der Waals surface area contributed by atoms with Gasteiger partial charge in [0.1, 0.15) is 6.10 Å². The average molecular weight is 433 g/mol. The second-order valence-corrected chi connectivity index (χ2v) is 8.44. The van der Waals surface area contributed by atoms with E-state index < -0.39 is 11.9 Å². The molecule has 1 aromatic rings. The second kappa shape index (κ2) is 17.8. The first-order valence-corrected chi connectivity index (χ1v) is 12.6. The molecule has 0 aromatic heterocycles. The van der Waals surface area contributed by atoms with Gasteiger partial charge in [-0.3, -0.25) is 0 Å². The van der Waals surface area contributed by atoms with Crippen LogP contribution in [0.2, 0.25) is 0 Å². The van der Waals surface area contributed by atoms with Crippen LogP contribution in [0.25, 0.3) is 0 Å². The van der Waals surface area contributed by atoms with Crippen LogP contribution in [0.4, 0.5) is 0 Å². The monoisotopic (exact) mass is 432 g/mol. The topological polar surface area (TPSA) is 52.6 Å². The summed E-state index contributed by atoms with van der Waals surface area (Å²) in [5.74, 6) is -0.884. The lowest BCUT2D eigenvalue weighted by molar-refractivity contribution is 0.0262. The highest BCUT2D eigenvalue weighted by molar-refractivity contribution is 6.03. The maximum absolute atomic E-state index is 12.6. The minimum absolute atomic E-state index is 0.113. The summed E-state index contributed by atoms with van der Waals surface area (Å²) < 4.78 is 11.0. The molecule has 0 N–H and O–H groups in total. The first-order chi connectivity index (χ1) is 15.1. The van der Waals surface area contributed by atoms with Crippen molar-refractivity contribution in [2.45, 2.75) is 117 Å². The minimum Gasteiger partial charge on any atom is -0.462 e. The van der Waals surface area contributed by atoms with E-state index in [1.54, 1.807) is 24.3 Å². The number of unbranched alkanes of at least 4 members (excludes halogenated alkanes) is 10. The van der Waals surface area contributed by atoms with E-state index in [1.807, 2.05) is 6.92 Å². The highest BCUT2D eigenvalue weighted by atomic mass is 16.5. The number of benzene rings is 1. The van der Waals surface area contributed by atoms with Crippen molar-refractivity contribution in [3.63, 3.8) is 0 Å². The van der Waals surface area contributed by atoms with Gasteiger partial charge in [0.2, 0.25) is 0 Å². The van der Waals surface area contributed by atoms with Crippen molar-refractivity contribution >= 4 is 11.9 Å². The van der Waals surface area contributed by atoms with Crippen LogP contribution in [0.15, 0.2) is 24.3 Å². The lowest BCUT2D eigenvalue weighted by atomic mass is 10.1. The Hall–Kier alpha value is -1.84. The van der Waals surface area contributed by atoms with Crippen molar-refractivity contribution in [1.82, 2.24) is 0 Å². The fourth-order valence-electron chi connectivity index (χ4n) is 3.73. The van der Waals surface area contributed by atoms with Crippen LogP contribution in [0.1, 0.15) is 131 Å². The van der Waals surface area contributed by atoms with Gasteiger partial charge in [0.15, 0.2) is 0 Å². The molecule has 176 valence electrons. The van der Waals surface area contributed by atoms with E-state index in [4.69, 9.17) is 9.47 Å². The zero-order valence-electron chi connectivity index (χ0n) is 20.1. The van der Waals surface area contributed by atoms with Gasteiger partial charge in [0, 0.05) is 0 Å². The van der Waals surface area contributed by atoms with E-state index in [-0.39, 0.29) is 6.10 Å². The van der Waals surface area contributed by atoms with Crippen molar-refractivity contribution < 1.29 is 19.1 Å². The Labute approximate surface area is 190 Å². The summed E-state index contributed by atoms with van der Waals surface area (Å²) in [6.07, 6.45) is 16.2. The van der Waals surface area contributed by atoms with Crippen molar-refractivity contribution in [2.75, 3.05) is 6.61 Å². The quantitative estimate of drug-likeness (QED) is 0.175. The lowest BCUT2D eigenvalue weighted by Gasteiger charge is -2.16. The molecule has 0 saturated heterocycles. The number of ether oxygens (including phenoxy) is 2. The average Bonchev–Trinajstić information content (AvgIpc) is 2.79. The number of hydrogen-bond acceptors (Lipinski definition) is 4. The molecular weight excluding hydrogens is 388 g/mol. The van der Waals surface area contributed by atoms with Crippen molar-refractivity contribution in [1.29, 1.82) is 0 Å². The molecule has 0 saturated carbocycles. The third-order valence-electron chi connectivity index (χ3n) is 5.69. The molecule has 0 aliphatic rings. The van der Waals surface area contributed by atoms with Crippen LogP contribution in [0.3, 0.4) is 0 Å². The summed E-state index contributed by atoms with van der Waals surface area (Å²) in [4.78, 5) is 25.1. The van der Waals surface area contributed by atoms with Crippen LogP contribution in [-0.2, 0) is 9.47 Å². The fourth-order valence-corrected chi connectivity index (χ4v) is 3.73. The van der Waals surface area contributed by atoms with Gasteiger partial charge in [-0.15, -0.1) is 0 Å². The number of esters is 2. The lowest BCUT2D eigenvalue weighted by Crippen LogP contribution is -2.20. The second-order valence-electron chi connectivity index (χ2n) is 8.44. The Morgan fingerprint density at radius 1 is 0.710 bits per heavy atom. The smallest absolute Gasteiger partial charge is 0.339 e. The van der Waals surface area contributed by atoms with Crippen LogP contribution in [0.5, 0.6) is 0 Å². The summed E-state index contributed by atoms with van der Waals surface area (Å²) in [6.45, 7) is 6.71. The Morgan fingerprint density at radius 3 is 1.74 bits per heavy atom. The molecule has 31 heavy (non-hydrogen) atoms. The summed E-state index contributed by atoms with van der Waals surface area (Å²) in [7, 11) is 0. The number of carbonyl (C=O) groups excluding carboxylic acids is 2. The van der Waals surface area contributed by atoms with Crippen LogP contribution in [0, 0.1) is 0 Å². The maximum Gasteiger partial charge on any atom is 0.339 e. The highest BCUT2D eigenvalue weighted by Gasteiger charge is 2.21. The van der Waals surface area contributed by atoms with Gasteiger partial charge < -0.3 is 9.47 Å². The molecule has 1 aromatic carbocycles. The maximum atomic E-state index is 12.6. The van der Waals surface area contributed by atoms with Gasteiger partial charge in [-0.1, -0.05) is 104 Å².